The van der Waals surface area contributed by atoms with Gasteiger partial charge in [0, 0.05) is 23.4 Å². The van der Waals surface area contributed by atoms with Crippen LogP contribution >= 0.6 is 0 Å². The van der Waals surface area contributed by atoms with Gasteiger partial charge in [0.1, 0.15) is 13.2 Å². The zero-order valence-electron chi connectivity index (χ0n) is 15.9. The third kappa shape index (κ3) is 4.52. The monoisotopic (exact) mass is 396 g/mol. The van der Waals surface area contributed by atoms with Crippen LogP contribution in [0.1, 0.15) is 0 Å². The smallest absolute Gasteiger partial charge is 0.284 e. The number of nitro benzene ring substituents is 1. The van der Waals surface area contributed by atoms with Gasteiger partial charge in [-0.1, -0.05) is 30.3 Å². The summed E-state index contributed by atoms with van der Waals surface area (Å²) in [4.78, 5) is 14.1. The molecule has 0 amide bonds. The van der Waals surface area contributed by atoms with Crippen molar-refractivity contribution in [3.63, 3.8) is 0 Å². The Bertz CT molecular complexity index is 937. The molecule has 1 fully saturated rings. The molecule has 0 radical (unpaired) electrons. The standard InChI is InChI=1S/C20H21N5O4/c26-25(27)18-8-6-17(7-9-18)24-12-10-23(11-13-24)14-15-28-20-19(21-29-22-20)16-4-2-1-3-5-16/h1-9H,10-15H2/p+1. The molecule has 9 nitrogen and oxygen atoms in total. The summed E-state index contributed by atoms with van der Waals surface area (Å²) in [7, 11) is 0. The van der Waals surface area contributed by atoms with Gasteiger partial charge in [-0.2, -0.15) is 0 Å². The second-order valence-corrected chi connectivity index (χ2v) is 6.89. The van der Waals surface area contributed by atoms with Crippen LogP contribution in [-0.4, -0.2) is 54.6 Å². The highest BCUT2D eigenvalue weighted by molar-refractivity contribution is 5.63. The molecule has 2 heterocycles. The largest absolute Gasteiger partial charge is 0.468 e. The number of quaternary nitrogens is 1. The highest BCUT2D eigenvalue weighted by atomic mass is 16.6. The average Bonchev–Trinajstić information content (AvgIpc) is 3.23. The molecule has 2 aromatic carbocycles. The van der Waals surface area contributed by atoms with Crippen molar-refractivity contribution in [1.82, 2.24) is 10.3 Å². The molecule has 0 spiro atoms. The van der Waals surface area contributed by atoms with Crippen LogP contribution in [-0.2, 0) is 0 Å². The van der Waals surface area contributed by atoms with E-state index in [1.807, 2.05) is 42.5 Å². The van der Waals surface area contributed by atoms with Gasteiger partial charge in [0.2, 0.25) is 0 Å². The van der Waals surface area contributed by atoms with Crippen LogP contribution in [0.5, 0.6) is 5.88 Å². The second kappa shape index (κ2) is 8.70. The summed E-state index contributed by atoms with van der Waals surface area (Å²) in [5.74, 6) is 0.417. The van der Waals surface area contributed by atoms with Crippen molar-refractivity contribution in [1.29, 1.82) is 0 Å². The number of rotatable bonds is 7. The zero-order chi connectivity index (χ0) is 20.1. The van der Waals surface area contributed by atoms with E-state index in [0.717, 1.165) is 44.0 Å². The van der Waals surface area contributed by atoms with Gasteiger partial charge in [-0.15, -0.1) is 0 Å². The maximum Gasteiger partial charge on any atom is 0.284 e. The van der Waals surface area contributed by atoms with E-state index in [4.69, 9.17) is 9.37 Å². The van der Waals surface area contributed by atoms with Gasteiger partial charge >= 0.3 is 0 Å². The number of non-ortho nitro benzene ring substituents is 1. The number of hydrogen-bond donors (Lipinski definition) is 1. The lowest BCUT2D eigenvalue weighted by Crippen LogP contribution is -3.15. The average molecular weight is 396 g/mol. The Kier molecular flexibility index (Phi) is 5.66. The van der Waals surface area contributed by atoms with Gasteiger partial charge in [0.05, 0.1) is 31.1 Å². The van der Waals surface area contributed by atoms with Gasteiger partial charge < -0.3 is 14.5 Å². The molecule has 29 heavy (non-hydrogen) atoms. The number of piperazine rings is 1. The number of benzene rings is 2. The Morgan fingerprint density at radius 2 is 1.79 bits per heavy atom. The normalized spacial score (nSPS) is 14.7. The lowest BCUT2D eigenvalue weighted by molar-refractivity contribution is -0.900. The lowest BCUT2D eigenvalue weighted by atomic mass is 10.2. The van der Waals surface area contributed by atoms with Crippen molar-refractivity contribution in [2.24, 2.45) is 0 Å². The summed E-state index contributed by atoms with van der Waals surface area (Å²) in [5, 5.41) is 18.6. The fourth-order valence-corrected chi connectivity index (χ4v) is 3.46. The first-order valence-electron chi connectivity index (χ1n) is 9.54. The molecule has 9 heteroatoms. The van der Waals surface area contributed by atoms with E-state index in [1.165, 1.54) is 4.90 Å². The highest BCUT2D eigenvalue weighted by Gasteiger charge is 2.21. The summed E-state index contributed by atoms with van der Waals surface area (Å²) in [5.41, 5.74) is 2.66. The minimum Gasteiger partial charge on any atom is -0.468 e. The van der Waals surface area contributed by atoms with Crippen LogP contribution < -0.4 is 14.5 Å². The molecule has 0 bridgehead atoms. The Morgan fingerprint density at radius 1 is 1.07 bits per heavy atom. The number of aromatic nitrogens is 2. The minimum absolute atomic E-state index is 0.118. The van der Waals surface area contributed by atoms with Crippen LogP contribution in [0.2, 0.25) is 0 Å². The first kappa shape index (κ1) is 18.9. The van der Waals surface area contributed by atoms with Crippen molar-refractivity contribution in [3.05, 3.63) is 64.7 Å². The number of hydrogen-bond acceptors (Lipinski definition) is 7. The molecule has 1 saturated heterocycles. The molecule has 3 aromatic rings. The Hall–Kier alpha value is -3.46. The van der Waals surface area contributed by atoms with E-state index in [9.17, 15) is 10.1 Å². The first-order valence-corrected chi connectivity index (χ1v) is 9.54. The molecule has 4 rings (SSSR count). The van der Waals surface area contributed by atoms with Crippen LogP contribution in [0.4, 0.5) is 11.4 Å². The molecule has 150 valence electrons. The first-order chi connectivity index (χ1) is 14.2. The van der Waals surface area contributed by atoms with E-state index in [1.54, 1.807) is 12.1 Å². The van der Waals surface area contributed by atoms with E-state index in [2.05, 4.69) is 15.2 Å². The van der Waals surface area contributed by atoms with Crippen LogP contribution in [0, 0.1) is 10.1 Å². The van der Waals surface area contributed by atoms with Gasteiger partial charge in [-0.3, -0.25) is 10.1 Å². The van der Waals surface area contributed by atoms with E-state index in [0.29, 0.717) is 18.2 Å². The molecule has 1 aromatic heterocycles. The minimum atomic E-state index is -0.376. The summed E-state index contributed by atoms with van der Waals surface area (Å²) >= 11 is 0. The number of anilines is 1. The molecule has 1 aliphatic rings. The third-order valence-electron chi connectivity index (χ3n) is 5.10. The molecule has 0 atom stereocenters. The lowest BCUT2D eigenvalue weighted by Gasteiger charge is -2.33. The summed E-state index contributed by atoms with van der Waals surface area (Å²) < 4.78 is 10.7. The fourth-order valence-electron chi connectivity index (χ4n) is 3.46. The fraction of sp³-hybridized carbons (Fsp3) is 0.300. The molecule has 0 saturated carbocycles. The van der Waals surface area contributed by atoms with Gasteiger partial charge in [-0.25, -0.2) is 4.63 Å². The van der Waals surface area contributed by atoms with Crippen LogP contribution in [0.25, 0.3) is 11.3 Å². The number of ether oxygens (including phenoxy) is 1. The Balaban J connectivity index is 1.25. The van der Waals surface area contributed by atoms with E-state index < -0.39 is 0 Å². The molecular formula is C20H22N5O4+. The maximum absolute atomic E-state index is 10.8. The summed E-state index contributed by atoms with van der Waals surface area (Å²) in [6.07, 6.45) is 0. The summed E-state index contributed by atoms with van der Waals surface area (Å²) in [6, 6.07) is 16.4. The molecule has 1 aliphatic heterocycles. The zero-order valence-corrected chi connectivity index (χ0v) is 15.9. The molecule has 0 aliphatic carbocycles. The van der Waals surface area contributed by atoms with Crippen molar-refractivity contribution < 1.29 is 19.2 Å². The van der Waals surface area contributed by atoms with Crippen molar-refractivity contribution >= 4 is 11.4 Å². The highest BCUT2D eigenvalue weighted by Crippen LogP contribution is 2.25. The third-order valence-corrected chi connectivity index (χ3v) is 5.10. The van der Waals surface area contributed by atoms with E-state index in [-0.39, 0.29) is 10.6 Å². The van der Waals surface area contributed by atoms with Crippen LogP contribution in [0.3, 0.4) is 0 Å². The summed E-state index contributed by atoms with van der Waals surface area (Å²) in [6.45, 7) is 5.13. The Labute approximate surface area is 167 Å². The Morgan fingerprint density at radius 3 is 2.48 bits per heavy atom. The predicted octanol–water partition coefficient (Wildman–Crippen LogP) is 1.43. The number of nitro groups is 1. The van der Waals surface area contributed by atoms with Crippen LogP contribution in [0.15, 0.2) is 59.2 Å². The van der Waals surface area contributed by atoms with Crippen molar-refractivity contribution in [3.8, 4) is 17.1 Å². The maximum atomic E-state index is 10.8. The van der Waals surface area contributed by atoms with Gasteiger partial charge in [0.25, 0.3) is 11.6 Å². The van der Waals surface area contributed by atoms with Gasteiger partial charge in [0.15, 0.2) is 5.69 Å². The van der Waals surface area contributed by atoms with E-state index >= 15 is 0 Å². The SMILES string of the molecule is O=[N+]([O-])c1ccc(N2CC[NH+](CCOc3nonc3-c3ccccc3)CC2)cc1. The second-order valence-electron chi connectivity index (χ2n) is 6.89. The number of nitrogens with one attached hydrogen (secondary N) is 1. The molecule has 1 N–H and O–H groups in total. The topological polar surface area (TPSA) is 99.0 Å². The van der Waals surface area contributed by atoms with Crippen molar-refractivity contribution in [2.45, 2.75) is 0 Å². The number of nitrogens with zero attached hydrogens (tertiary/aromatic N) is 4. The predicted molar refractivity (Wildman–Crippen MR) is 106 cm³/mol. The van der Waals surface area contributed by atoms with Gasteiger partial charge in [-0.05, 0) is 22.4 Å². The van der Waals surface area contributed by atoms with Crippen molar-refractivity contribution in [2.75, 3.05) is 44.2 Å². The molecule has 0 unspecified atom stereocenters. The molecular weight excluding hydrogens is 374 g/mol. The quantitative estimate of drug-likeness (QED) is 0.476.